The maximum atomic E-state index is 10.8. The molecule has 0 saturated carbocycles. The molecule has 2 rings (SSSR count). The molecular formula is C12H16N2O3S. The summed E-state index contributed by atoms with van der Waals surface area (Å²) in [6.07, 6.45) is 1.54. The standard InChI is InChI=1S/C12H16N2O3S/c15-12(16)10-1-2-13-11(9-10)18-8-5-14-3-6-17-7-4-14/h1-2,9H,3-8H2,(H,15,16). The molecule has 0 radical (unpaired) electrons. The van der Waals surface area contributed by atoms with Crippen LogP contribution in [0, 0.1) is 0 Å². The minimum absolute atomic E-state index is 0.291. The average Bonchev–Trinajstić information content (AvgIpc) is 2.40. The van der Waals surface area contributed by atoms with Crippen LogP contribution in [0.1, 0.15) is 10.4 Å². The average molecular weight is 268 g/mol. The summed E-state index contributed by atoms with van der Waals surface area (Å²) in [5.41, 5.74) is 0.291. The minimum Gasteiger partial charge on any atom is -0.478 e. The highest BCUT2D eigenvalue weighted by Crippen LogP contribution is 2.16. The molecule has 1 aliphatic heterocycles. The van der Waals surface area contributed by atoms with Crippen molar-refractivity contribution >= 4 is 17.7 Å². The third kappa shape index (κ3) is 3.97. The number of carbonyl (C=O) groups is 1. The number of thioether (sulfide) groups is 1. The highest BCUT2D eigenvalue weighted by molar-refractivity contribution is 7.99. The molecule has 6 heteroatoms. The van der Waals surface area contributed by atoms with E-state index in [2.05, 4.69) is 9.88 Å². The topological polar surface area (TPSA) is 62.7 Å². The van der Waals surface area contributed by atoms with Crippen LogP contribution >= 0.6 is 11.8 Å². The molecule has 2 heterocycles. The summed E-state index contributed by atoms with van der Waals surface area (Å²) in [5.74, 6) is 0.00298. The van der Waals surface area contributed by atoms with E-state index in [0.717, 1.165) is 43.6 Å². The Bertz CT molecular complexity index is 408. The number of carboxylic acids is 1. The number of hydrogen-bond donors (Lipinski definition) is 1. The van der Waals surface area contributed by atoms with E-state index in [1.54, 1.807) is 24.0 Å². The lowest BCUT2D eigenvalue weighted by Gasteiger charge is -2.26. The number of aromatic carboxylic acids is 1. The van der Waals surface area contributed by atoms with Crippen LogP contribution in [-0.4, -0.2) is 59.6 Å². The van der Waals surface area contributed by atoms with Gasteiger partial charge >= 0.3 is 5.97 Å². The molecule has 0 amide bonds. The molecule has 98 valence electrons. The summed E-state index contributed by atoms with van der Waals surface area (Å²) in [5, 5.41) is 9.65. The zero-order valence-corrected chi connectivity index (χ0v) is 10.9. The lowest BCUT2D eigenvalue weighted by Crippen LogP contribution is -2.37. The van der Waals surface area contributed by atoms with E-state index in [4.69, 9.17) is 9.84 Å². The van der Waals surface area contributed by atoms with Crippen molar-refractivity contribution in [2.45, 2.75) is 5.03 Å². The van der Waals surface area contributed by atoms with Gasteiger partial charge in [0.25, 0.3) is 0 Å². The van der Waals surface area contributed by atoms with Crippen LogP contribution in [0.2, 0.25) is 0 Å². The quantitative estimate of drug-likeness (QED) is 0.810. The summed E-state index contributed by atoms with van der Waals surface area (Å²) in [7, 11) is 0. The van der Waals surface area contributed by atoms with E-state index in [0.29, 0.717) is 5.56 Å². The molecule has 0 bridgehead atoms. The fourth-order valence-corrected chi connectivity index (χ4v) is 2.63. The first kappa shape index (κ1) is 13.3. The number of rotatable bonds is 5. The zero-order chi connectivity index (χ0) is 12.8. The molecule has 1 aliphatic rings. The largest absolute Gasteiger partial charge is 0.478 e. The van der Waals surface area contributed by atoms with Gasteiger partial charge in [-0.2, -0.15) is 0 Å². The summed E-state index contributed by atoms with van der Waals surface area (Å²) < 4.78 is 5.28. The van der Waals surface area contributed by atoms with E-state index in [1.165, 1.54) is 6.07 Å². The van der Waals surface area contributed by atoms with E-state index >= 15 is 0 Å². The molecule has 0 aromatic carbocycles. The first-order valence-corrected chi connectivity index (χ1v) is 6.86. The van der Waals surface area contributed by atoms with Gasteiger partial charge in [-0.3, -0.25) is 4.90 Å². The monoisotopic (exact) mass is 268 g/mol. The van der Waals surface area contributed by atoms with Gasteiger partial charge in [0, 0.05) is 31.6 Å². The summed E-state index contributed by atoms with van der Waals surface area (Å²) in [4.78, 5) is 17.3. The summed E-state index contributed by atoms with van der Waals surface area (Å²) >= 11 is 1.59. The first-order valence-electron chi connectivity index (χ1n) is 5.88. The van der Waals surface area contributed by atoms with Crippen molar-refractivity contribution in [2.24, 2.45) is 0 Å². The molecule has 1 fully saturated rings. The van der Waals surface area contributed by atoms with E-state index in [-0.39, 0.29) is 0 Å². The molecule has 1 saturated heterocycles. The highest BCUT2D eigenvalue weighted by atomic mass is 32.2. The van der Waals surface area contributed by atoms with Crippen molar-refractivity contribution in [2.75, 3.05) is 38.6 Å². The number of nitrogens with zero attached hydrogens (tertiary/aromatic N) is 2. The number of aromatic nitrogens is 1. The van der Waals surface area contributed by atoms with Crippen LogP contribution in [0.15, 0.2) is 23.4 Å². The third-order valence-corrected chi connectivity index (χ3v) is 3.65. The van der Waals surface area contributed by atoms with Crippen LogP contribution in [0.3, 0.4) is 0 Å². The molecule has 1 aromatic rings. The molecule has 0 aliphatic carbocycles. The van der Waals surface area contributed by atoms with Gasteiger partial charge in [-0.05, 0) is 12.1 Å². The Morgan fingerprint density at radius 2 is 2.28 bits per heavy atom. The van der Waals surface area contributed by atoms with Gasteiger partial charge in [-0.15, -0.1) is 11.8 Å². The van der Waals surface area contributed by atoms with Crippen LogP contribution in [0.5, 0.6) is 0 Å². The van der Waals surface area contributed by atoms with Crippen molar-refractivity contribution < 1.29 is 14.6 Å². The number of morpholine rings is 1. The van der Waals surface area contributed by atoms with Gasteiger partial charge in [0.1, 0.15) is 0 Å². The first-order chi connectivity index (χ1) is 8.75. The smallest absolute Gasteiger partial charge is 0.335 e. The van der Waals surface area contributed by atoms with Gasteiger partial charge in [-0.25, -0.2) is 9.78 Å². The molecule has 18 heavy (non-hydrogen) atoms. The van der Waals surface area contributed by atoms with Gasteiger partial charge in [0.05, 0.1) is 23.8 Å². The highest BCUT2D eigenvalue weighted by Gasteiger charge is 2.10. The maximum absolute atomic E-state index is 10.8. The molecule has 1 N–H and O–H groups in total. The Morgan fingerprint density at radius 1 is 1.50 bits per heavy atom. The van der Waals surface area contributed by atoms with E-state index < -0.39 is 5.97 Å². The van der Waals surface area contributed by atoms with E-state index in [9.17, 15) is 4.79 Å². The van der Waals surface area contributed by atoms with Gasteiger partial charge in [0.15, 0.2) is 0 Å². The Balaban J connectivity index is 1.78. The summed E-state index contributed by atoms with van der Waals surface area (Å²) in [6.45, 7) is 4.54. The third-order valence-electron chi connectivity index (χ3n) is 2.74. The Labute approximate surface area is 110 Å². The van der Waals surface area contributed by atoms with Crippen LogP contribution in [0.25, 0.3) is 0 Å². The predicted molar refractivity (Wildman–Crippen MR) is 69.2 cm³/mol. The Kier molecular flexibility index (Phi) is 4.98. The minimum atomic E-state index is -0.910. The second kappa shape index (κ2) is 6.72. The van der Waals surface area contributed by atoms with Crippen molar-refractivity contribution in [1.82, 2.24) is 9.88 Å². The maximum Gasteiger partial charge on any atom is 0.335 e. The van der Waals surface area contributed by atoms with Gasteiger partial charge < -0.3 is 9.84 Å². The predicted octanol–water partition coefficient (Wildman–Crippen LogP) is 1.20. The van der Waals surface area contributed by atoms with Crippen molar-refractivity contribution in [3.05, 3.63) is 23.9 Å². The number of ether oxygens (including phenoxy) is 1. The second-order valence-electron chi connectivity index (χ2n) is 3.99. The van der Waals surface area contributed by atoms with Crippen LogP contribution in [0.4, 0.5) is 0 Å². The number of hydrogen-bond acceptors (Lipinski definition) is 5. The zero-order valence-electron chi connectivity index (χ0n) is 10.0. The van der Waals surface area contributed by atoms with Crippen molar-refractivity contribution in [3.63, 3.8) is 0 Å². The van der Waals surface area contributed by atoms with Gasteiger partial charge in [-0.1, -0.05) is 0 Å². The Morgan fingerprint density at radius 3 is 3.00 bits per heavy atom. The molecule has 1 aromatic heterocycles. The number of carboxylic acid groups (broad SMARTS) is 1. The van der Waals surface area contributed by atoms with Crippen LogP contribution < -0.4 is 0 Å². The SMILES string of the molecule is O=C(O)c1ccnc(SCCN2CCOCC2)c1. The lowest BCUT2D eigenvalue weighted by molar-refractivity contribution is 0.0410. The summed E-state index contributed by atoms with van der Waals surface area (Å²) in [6, 6.07) is 3.13. The normalized spacial score (nSPS) is 16.7. The fourth-order valence-electron chi connectivity index (χ4n) is 1.73. The Hall–Kier alpha value is -1.11. The van der Waals surface area contributed by atoms with E-state index in [1.807, 2.05) is 0 Å². The molecule has 0 atom stereocenters. The molecular weight excluding hydrogens is 252 g/mol. The molecule has 0 spiro atoms. The fraction of sp³-hybridized carbons (Fsp3) is 0.500. The second-order valence-corrected chi connectivity index (χ2v) is 5.11. The molecule has 0 unspecified atom stereocenters. The van der Waals surface area contributed by atoms with Crippen LogP contribution in [-0.2, 0) is 4.74 Å². The lowest BCUT2D eigenvalue weighted by atomic mass is 10.3. The van der Waals surface area contributed by atoms with Crippen molar-refractivity contribution in [3.8, 4) is 0 Å². The van der Waals surface area contributed by atoms with Crippen molar-refractivity contribution in [1.29, 1.82) is 0 Å². The van der Waals surface area contributed by atoms with Gasteiger partial charge in [0.2, 0.25) is 0 Å². The molecule has 5 nitrogen and oxygen atoms in total. The number of pyridine rings is 1.